The van der Waals surface area contributed by atoms with Crippen molar-refractivity contribution in [1.82, 2.24) is 14.8 Å². The van der Waals surface area contributed by atoms with E-state index < -0.39 is 0 Å². The van der Waals surface area contributed by atoms with E-state index in [1.54, 1.807) is 20.4 Å². The highest BCUT2D eigenvalue weighted by molar-refractivity contribution is 9.10. The second-order valence-electron chi connectivity index (χ2n) is 6.58. The fraction of sp³-hybridized carbons (Fsp3) is 0.182. The fourth-order valence-corrected chi connectivity index (χ4v) is 3.52. The number of nitrogens with one attached hydrogen (secondary N) is 1. The van der Waals surface area contributed by atoms with Crippen LogP contribution in [0.15, 0.2) is 65.5 Å². The van der Waals surface area contributed by atoms with E-state index in [4.69, 9.17) is 9.47 Å². The van der Waals surface area contributed by atoms with Crippen molar-refractivity contribution in [3.63, 3.8) is 0 Å². The van der Waals surface area contributed by atoms with Crippen LogP contribution in [0.3, 0.4) is 0 Å². The number of hydrogen-bond donors (Lipinski definition) is 1. The summed E-state index contributed by atoms with van der Waals surface area (Å²) in [5.41, 5.74) is 4.88. The molecule has 2 aromatic carbocycles. The van der Waals surface area contributed by atoms with E-state index in [0.717, 1.165) is 43.6 Å². The van der Waals surface area contributed by atoms with Crippen LogP contribution in [0.1, 0.15) is 0 Å². The van der Waals surface area contributed by atoms with Gasteiger partial charge in [0.25, 0.3) is 0 Å². The molecule has 0 aliphatic heterocycles. The van der Waals surface area contributed by atoms with Gasteiger partial charge in [-0.1, -0.05) is 15.9 Å². The van der Waals surface area contributed by atoms with Gasteiger partial charge in [0.1, 0.15) is 5.75 Å². The van der Waals surface area contributed by atoms with Crippen LogP contribution in [0.4, 0.5) is 11.4 Å². The number of ether oxygens (including phenoxy) is 2. The van der Waals surface area contributed by atoms with E-state index in [1.807, 2.05) is 47.4 Å². The van der Waals surface area contributed by atoms with Gasteiger partial charge < -0.3 is 14.8 Å². The zero-order valence-corrected chi connectivity index (χ0v) is 17.8. The van der Waals surface area contributed by atoms with Crippen LogP contribution in [0.2, 0.25) is 0 Å². The predicted octanol–water partition coefficient (Wildman–Crippen LogP) is 5.26. The molecule has 0 fully saturated rings. The third kappa shape index (κ3) is 4.41. The van der Waals surface area contributed by atoms with E-state index in [-0.39, 0.29) is 0 Å². The summed E-state index contributed by atoms with van der Waals surface area (Å²) in [6.07, 6.45) is 5.67. The molecule has 1 N–H and O–H groups in total. The largest absolute Gasteiger partial charge is 0.497 e. The third-order valence-electron chi connectivity index (χ3n) is 4.62. The molecular weight excluding hydrogens is 432 g/mol. The van der Waals surface area contributed by atoms with Crippen molar-refractivity contribution in [1.29, 1.82) is 0 Å². The van der Waals surface area contributed by atoms with Crippen LogP contribution < -0.4 is 10.1 Å². The molecule has 148 valence electrons. The molecule has 0 bridgehead atoms. The second kappa shape index (κ2) is 8.63. The minimum atomic E-state index is 0.622. The number of halogens is 1. The Morgan fingerprint density at radius 3 is 2.79 bits per heavy atom. The highest BCUT2D eigenvalue weighted by Crippen LogP contribution is 2.32. The van der Waals surface area contributed by atoms with Gasteiger partial charge in [-0.3, -0.25) is 9.67 Å². The molecule has 2 aromatic heterocycles. The first-order chi connectivity index (χ1) is 14.2. The number of hydrogen-bond acceptors (Lipinski definition) is 5. The maximum Gasteiger partial charge on any atom is 0.121 e. The van der Waals surface area contributed by atoms with Crippen LogP contribution in [0, 0.1) is 0 Å². The van der Waals surface area contributed by atoms with Crippen LogP contribution in [0.5, 0.6) is 5.75 Å². The number of pyridine rings is 1. The molecule has 29 heavy (non-hydrogen) atoms. The monoisotopic (exact) mass is 452 g/mol. The van der Waals surface area contributed by atoms with E-state index in [9.17, 15) is 0 Å². The number of anilines is 2. The summed E-state index contributed by atoms with van der Waals surface area (Å²) in [6, 6.07) is 14.1. The minimum Gasteiger partial charge on any atom is -0.497 e. The number of methoxy groups -OCH3 is 2. The summed E-state index contributed by atoms with van der Waals surface area (Å²) in [5.74, 6) is 0.772. The molecule has 0 amide bonds. The molecule has 0 atom stereocenters. The Kier molecular flexibility index (Phi) is 5.78. The maximum absolute atomic E-state index is 5.53. The van der Waals surface area contributed by atoms with Gasteiger partial charge in [-0.15, -0.1) is 0 Å². The van der Waals surface area contributed by atoms with Crippen LogP contribution in [-0.2, 0) is 11.3 Å². The van der Waals surface area contributed by atoms with Crippen molar-refractivity contribution in [3.05, 3.63) is 65.5 Å². The number of aromatic nitrogens is 3. The van der Waals surface area contributed by atoms with Gasteiger partial charge in [0.15, 0.2) is 0 Å². The average Bonchev–Trinajstić information content (AvgIpc) is 3.21. The Hall–Kier alpha value is -2.90. The summed E-state index contributed by atoms with van der Waals surface area (Å²) in [4.78, 5) is 4.44. The number of nitrogens with zero attached hydrogens (tertiary/aromatic N) is 3. The van der Waals surface area contributed by atoms with E-state index in [0.29, 0.717) is 13.2 Å². The average molecular weight is 453 g/mol. The quantitative estimate of drug-likeness (QED) is 0.414. The smallest absolute Gasteiger partial charge is 0.121 e. The van der Waals surface area contributed by atoms with Gasteiger partial charge in [0.2, 0.25) is 0 Å². The zero-order valence-electron chi connectivity index (χ0n) is 16.2. The predicted molar refractivity (Wildman–Crippen MR) is 119 cm³/mol. The Labute approximate surface area is 177 Å². The summed E-state index contributed by atoms with van der Waals surface area (Å²) in [7, 11) is 3.36. The highest BCUT2D eigenvalue weighted by atomic mass is 79.9. The highest BCUT2D eigenvalue weighted by Gasteiger charge is 2.09. The van der Waals surface area contributed by atoms with E-state index in [2.05, 4.69) is 43.5 Å². The van der Waals surface area contributed by atoms with Crippen molar-refractivity contribution < 1.29 is 9.47 Å². The molecule has 6 nitrogen and oxygen atoms in total. The summed E-state index contributed by atoms with van der Waals surface area (Å²) in [6.45, 7) is 1.33. The molecule has 7 heteroatoms. The van der Waals surface area contributed by atoms with E-state index >= 15 is 0 Å². The first-order valence-electron chi connectivity index (χ1n) is 9.18. The first-order valence-corrected chi connectivity index (χ1v) is 9.98. The lowest BCUT2D eigenvalue weighted by atomic mass is 10.1. The van der Waals surface area contributed by atoms with Gasteiger partial charge in [-0.05, 0) is 42.0 Å². The van der Waals surface area contributed by atoms with Crippen molar-refractivity contribution in [2.75, 3.05) is 26.1 Å². The van der Waals surface area contributed by atoms with Gasteiger partial charge >= 0.3 is 0 Å². The molecule has 0 radical (unpaired) electrons. The first kappa shape index (κ1) is 19.4. The van der Waals surface area contributed by atoms with Crippen LogP contribution in [-0.4, -0.2) is 35.6 Å². The Bertz CT molecular complexity index is 1140. The van der Waals surface area contributed by atoms with E-state index in [1.165, 1.54) is 0 Å². The Morgan fingerprint density at radius 1 is 1.07 bits per heavy atom. The maximum atomic E-state index is 5.53. The standard InChI is InChI=1S/C22H21BrN4O2/c1-28-8-7-27-14-16(13-25-27)15-9-18(12-19(10-15)29-2)26-22-5-6-24-21-4-3-17(23)11-20(21)22/h3-6,9-14H,7-8H2,1-2H3,(H,24,26). The van der Waals surface area contributed by atoms with Crippen molar-refractivity contribution in [2.24, 2.45) is 0 Å². The number of fused-ring (bicyclic) bond motifs is 1. The topological polar surface area (TPSA) is 61.2 Å². The van der Waals surface area contributed by atoms with Gasteiger partial charge in [-0.25, -0.2) is 0 Å². The van der Waals surface area contributed by atoms with Crippen LogP contribution >= 0.6 is 15.9 Å². The lowest BCUT2D eigenvalue weighted by molar-refractivity contribution is 0.183. The molecule has 0 aliphatic rings. The van der Waals surface area contributed by atoms with Gasteiger partial charge in [-0.2, -0.15) is 5.10 Å². The van der Waals surface area contributed by atoms with Crippen LogP contribution in [0.25, 0.3) is 22.0 Å². The third-order valence-corrected chi connectivity index (χ3v) is 5.11. The van der Waals surface area contributed by atoms with Gasteiger partial charge in [0, 0.05) is 52.4 Å². The Morgan fingerprint density at radius 2 is 1.97 bits per heavy atom. The Balaban J connectivity index is 1.69. The molecule has 4 rings (SSSR count). The van der Waals surface area contributed by atoms with Crippen molar-refractivity contribution >= 4 is 38.2 Å². The molecule has 2 heterocycles. The van der Waals surface area contributed by atoms with Gasteiger partial charge in [0.05, 0.1) is 32.0 Å². The van der Waals surface area contributed by atoms with Crippen molar-refractivity contribution in [2.45, 2.75) is 6.54 Å². The lowest BCUT2D eigenvalue weighted by Crippen LogP contribution is -2.03. The zero-order chi connectivity index (χ0) is 20.2. The molecule has 4 aromatic rings. The molecule has 0 saturated heterocycles. The molecular formula is C22H21BrN4O2. The number of rotatable bonds is 7. The molecule has 0 saturated carbocycles. The second-order valence-corrected chi connectivity index (χ2v) is 7.50. The fourth-order valence-electron chi connectivity index (χ4n) is 3.16. The normalized spacial score (nSPS) is 11.0. The summed E-state index contributed by atoms with van der Waals surface area (Å²) in [5, 5.41) is 8.96. The lowest BCUT2D eigenvalue weighted by Gasteiger charge is -2.13. The molecule has 0 aliphatic carbocycles. The summed E-state index contributed by atoms with van der Waals surface area (Å²) >= 11 is 3.54. The SMILES string of the molecule is COCCn1cc(-c2cc(Nc3ccnc4ccc(Br)cc34)cc(OC)c2)cn1. The molecule has 0 spiro atoms. The minimum absolute atomic E-state index is 0.622. The molecule has 0 unspecified atom stereocenters. The summed E-state index contributed by atoms with van der Waals surface area (Å²) < 4.78 is 13.5. The van der Waals surface area contributed by atoms with Crippen molar-refractivity contribution in [3.8, 4) is 16.9 Å². The number of benzene rings is 2.